The van der Waals surface area contributed by atoms with Crippen molar-refractivity contribution in [1.29, 1.82) is 0 Å². The van der Waals surface area contributed by atoms with E-state index in [1.165, 1.54) is 45.4 Å². The van der Waals surface area contributed by atoms with Gasteiger partial charge in [-0.2, -0.15) is 0 Å². The second kappa shape index (κ2) is 5.28. The average molecular weight is 261 g/mol. The Hall–Kier alpha value is -1.82. The van der Waals surface area contributed by atoms with Crippen LogP contribution in [-0.2, 0) is 6.42 Å². The molecule has 20 heavy (non-hydrogen) atoms. The second-order valence-electron chi connectivity index (χ2n) is 5.70. The van der Waals surface area contributed by atoms with E-state index in [4.69, 9.17) is 0 Å². The lowest BCUT2D eigenvalue weighted by molar-refractivity contribution is 0.922. The van der Waals surface area contributed by atoms with Crippen molar-refractivity contribution in [3.8, 4) is 11.1 Å². The van der Waals surface area contributed by atoms with Crippen LogP contribution >= 0.6 is 0 Å². The van der Waals surface area contributed by atoms with Gasteiger partial charge in [-0.1, -0.05) is 61.4 Å². The van der Waals surface area contributed by atoms with E-state index < -0.39 is 0 Å². The molecular formula is C20H21. The summed E-state index contributed by atoms with van der Waals surface area (Å²) in [6, 6.07) is 13.3. The maximum atomic E-state index is 2.33. The van der Waals surface area contributed by atoms with Gasteiger partial charge in [0.05, 0.1) is 0 Å². The molecule has 0 heterocycles. The summed E-state index contributed by atoms with van der Waals surface area (Å²) in [7, 11) is 0. The topological polar surface area (TPSA) is 0 Å². The minimum Gasteiger partial charge on any atom is -0.0651 e. The molecule has 0 atom stereocenters. The van der Waals surface area contributed by atoms with Crippen molar-refractivity contribution in [2.24, 2.45) is 0 Å². The summed E-state index contributed by atoms with van der Waals surface area (Å²) in [5, 5.41) is 0. The van der Waals surface area contributed by atoms with E-state index in [1.807, 2.05) is 0 Å². The first-order valence-corrected chi connectivity index (χ1v) is 7.45. The van der Waals surface area contributed by atoms with Gasteiger partial charge in [0, 0.05) is 6.42 Å². The molecule has 0 amide bonds. The zero-order valence-electron chi connectivity index (χ0n) is 12.5. The molecule has 0 spiro atoms. The number of allylic oxidation sites excluding steroid dienone is 1. The molecule has 0 saturated carbocycles. The first kappa shape index (κ1) is 13.2. The van der Waals surface area contributed by atoms with Crippen molar-refractivity contribution < 1.29 is 0 Å². The van der Waals surface area contributed by atoms with Crippen molar-refractivity contribution in [1.82, 2.24) is 0 Å². The third-order valence-corrected chi connectivity index (χ3v) is 4.05. The highest BCUT2D eigenvalue weighted by Crippen LogP contribution is 2.39. The van der Waals surface area contributed by atoms with Crippen LogP contribution in [0.5, 0.6) is 0 Å². The van der Waals surface area contributed by atoms with Crippen LogP contribution < -0.4 is 0 Å². The molecule has 2 aromatic rings. The molecule has 0 fully saturated rings. The normalized spacial score (nSPS) is 13.2. The molecule has 0 nitrogen and oxygen atoms in total. The molecule has 1 aliphatic carbocycles. The highest BCUT2D eigenvalue weighted by Gasteiger charge is 2.18. The third kappa shape index (κ3) is 2.20. The zero-order chi connectivity index (χ0) is 14.1. The van der Waals surface area contributed by atoms with Crippen LogP contribution in [0.2, 0.25) is 0 Å². The fourth-order valence-corrected chi connectivity index (χ4v) is 3.13. The van der Waals surface area contributed by atoms with Gasteiger partial charge in [0.15, 0.2) is 0 Å². The molecule has 0 aliphatic heterocycles. The Bertz CT molecular complexity index is 674. The molecule has 0 aromatic heterocycles. The molecule has 1 radical (unpaired) electrons. The van der Waals surface area contributed by atoms with Gasteiger partial charge in [0.1, 0.15) is 0 Å². The molecule has 1 aliphatic rings. The number of rotatable bonds is 3. The number of hydrogen-bond donors (Lipinski definition) is 0. The summed E-state index contributed by atoms with van der Waals surface area (Å²) < 4.78 is 0. The van der Waals surface area contributed by atoms with Crippen LogP contribution in [0.4, 0.5) is 0 Å². The number of fused-ring (bicyclic) bond motifs is 1. The van der Waals surface area contributed by atoms with Crippen molar-refractivity contribution in [2.75, 3.05) is 0 Å². The molecule has 0 bridgehead atoms. The highest BCUT2D eigenvalue weighted by molar-refractivity contribution is 5.86. The van der Waals surface area contributed by atoms with Crippen LogP contribution in [0.25, 0.3) is 17.2 Å². The minimum absolute atomic E-state index is 1.14. The highest BCUT2D eigenvalue weighted by atomic mass is 14.2. The first-order valence-electron chi connectivity index (χ1n) is 7.45. The zero-order valence-corrected chi connectivity index (χ0v) is 12.5. The van der Waals surface area contributed by atoms with Crippen molar-refractivity contribution in [2.45, 2.75) is 33.6 Å². The molecule has 3 rings (SSSR count). The lowest BCUT2D eigenvalue weighted by Crippen LogP contribution is -1.96. The van der Waals surface area contributed by atoms with Crippen LogP contribution in [0.15, 0.2) is 42.0 Å². The maximum absolute atomic E-state index is 2.33. The molecule has 0 saturated heterocycles. The van der Waals surface area contributed by atoms with E-state index in [9.17, 15) is 0 Å². The van der Waals surface area contributed by atoms with Gasteiger partial charge in [0.25, 0.3) is 0 Å². The van der Waals surface area contributed by atoms with Crippen molar-refractivity contribution >= 4 is 6.08 Å². The van der Waals surface area contributed by atoms with E-state index in [0.29, 0.717) is 0 Å². The smallest absolute Gasteiger partial charge is 0.0161 e. The lowest BCUT2D eigenvalue weighted by atomic mass is 9.88. The molecular weight excluding hydrogens is 240 g/mol. The van der Waals surface area contributed by atoms with E-state index >= 15 is 0 Å². The summed E-state index contributed by atoms with van der Waals surface area (Å²) in [6.07, 6.45) is 6.94. The van der Waals surface area contributed by atoms with Gasteiger partial charge in [-0.05, 0) is 53.6 Å². The van der Waals surface area contributed by atoms with Gasteiger partial charge in [0.2, 0.25) is 0 Å². The lowest BCUT2D eigenvalue weighted by Gasteiger charge is -2.16. The Morgan fingerprint density at radius 1 is 0.950 bits per heavy atom. The summed E-state index contributed by atoms with van der Waals surface area (Å²) in [4.78, 5) is 0. The quantitative estimate of drug-likeness (QED) is 0.676. The first-order chi connectivity index (χ1) is 9.70. The van der Waals surface area contributed by atoms with Gasteiger partial charge in [-0.25, -0.2) is 0 Å². The van der Waals surface area contributed by atoms with Gasteiger partial charge < -0.3 is 0 Å². The molecule has 0 unspecified atom stereocenters. The van der Waals surface area contributed by atoms with Gasteiger partial charge in [-0.3, -0.25) is 0 Å². The molecule has 101 valence electrons. The standard InChI is InChI=1S/C20H21/c1-4-7-16-10-11-17-12-14(2)13-19(17)20(16)18-9-6-5-8-15(18)3/h5-6,8-13H,4,7H2,1-3H3. The van der Waals surface area contributed by atoms with E-state index in [1.54, 1.807) is 0 Å². The predicted molar refractivity (Wildman–Crippen MR) is 87.7 cm³/mol. The SMILES string of the molecule is CCCc1ccc2c(c1-c1ccccc1C)C=C(C)[CH]2. The van der Waals surface area contributed by atoms with Crippen LogP contribution in [0.1, 0.15) is 42.5 Å². The number of aryl methyl sites for hydroxylation is 2. The monoisotopic (exact) mass is 261 g/mol. The second-order valence-corrected chi connectivity index (χ2v) is 5.70. The predicted octanol–water partition coefficient (Wildman–Crippen LogP) is 5.58. The third-order valence-electron chi connectivity index (χ3n) is 4.05. The van der Waals surface area contributed by atoms with E-state index in [-0.39, 0.29) is 0 Å². The minimum atomic E-state index is 1.14. The molecule has 2 aromatic carbocycles. The Morgan fingerprint density at radius 2 is 1.75 bits per heavy atom. The molecule has 0 heteroatoms. The Morgan fingerprint density at radius 3 is 2.50 bits per heavy atom. The van der Waals surface area contributed by atoms with Crippen LogP contribution in [-0.4, -0.2) is 0 Å². The summed E-state index contributed by atoms with van der Waals surface area (Å²) in [6.45, 7) is 6.64. The fourth-order valence-electron chi connectivity index (χ4n) is 3.13. The summed E-state index contributed by atoms with van der Waals surface area (Å²) >= 11 is 0. The fraction of sp³-hybridized carbons (Fsp3) is 0.250. The largest absolute Gasteiger partial charge is 0.0651 e. The van der Waals surface area contributed by atoms with Gasteiger partial charge in [-0.15, -0.1) is 0 Å². The van der Waals surface area contributed by atoms with Crippen molar-refractivity contribution in [3.05, 3.63) is 70.6 Å². The van der Waals surface area contributed by atoms with E-state index in [2.05, 4.69) is 69.7 Å². The molecule has 0 N–H and O–H groups in total. The summed E-state index contributed by atoms with van der Waals surface area (Å²) in [5.41, 5.74) is 9.77. The van der Waals surface area contributed by atoms with E-state index in [0.717, 1.165) is 6.42 Å². The number of hydrogen-bond acceptors (Lipinski definition) is 0. The Labute approximate surface area is 122 Å². The van der Waals surface area contributed by atoms with Crippen LogP contribution in [0, 0.1) is 13.3 Å². The van der Waals surface area contributed by atoms with Crippen molar-refractivity contribution in [3.63, 3.8) is 0 Å². The van der Waals surface area contributed by atoms with Gasteiger partial charge >= 0.3 is 0 Å². The Balaban J connectivity index is 2.27. The maximum Gasteiger partial charge on any atom is 0.0161 e. The summed E-state index contributed by atoms with van der Waals surface area (Å²) in [5.74, 6) is 0. The number of benzene rings is 2. The average Bonchev–Trinajstić information content (AvgIpc) is 2.80. The Kier molecular flexibility index (Phi) is 3.48. The van der Waals surface area contributed by atoms with Crippen LogP contribution in [0.3, 0.4) is 0 Å².